The van der Waals surface area contributed by atoms with Crippen molar-refractivity contribution in [3.8, 4) is 0 Å². The summed E-state index contributed by atoms with van der Waals surface area (Å²) in [5, 5.41) is 3.22. The number of rotatable bonds is 3. The lowest BCUT2D eigenvalue weighted by atomic mass is 9.78. The third kappa shape index (κ3) is 2.41. The fraction of sp³-hybridized carbons (Fsp3) is 1.00. The predicted molar refractivity (Wildman–Crippen MR) is 65.3 cm³/mol. The van der Waals surface area contributed by atoms with Gasteiger partial charge >= 0.3 is 0 Å². The van der Waals surface area contributed by atoms with Crippen LogP contribution in [0.25, 0.3) is 0 Å². The van der Waals surface area contributed by atoms with Crippen LogP contribution in [0.1, 0.15) is 19.8 Å². The maximum atomic E-state index is 11.5. The maximum Gasteiger partial charge on any atom is 0.153 e. The number of nitrogens with zero attached hydrogens (tertiary/aromatic N) is 1. The third-order valence-corrected chi connectivity index (χ3v) is 5.79. The molecule has 1 heterocycles. The largest absolute Gasteiger partial charge is 0.319 e. The van der Waals surface area contributed by atoms with E-state index < -0.39 is 9.84 Å². The Bertz CT molecular complexity index is 342. The van der Waals surface area contributed by atoms with Crippen molar-refractivity contribution in [2.75, 3.05) is 31.6 Å². The molecule has 3 atom stereocenters. The van der Waals surface area contributed by atoms with Gasteiger partial charge in [-0.25, -0.2) is 8.42 Å². The number of sulfone groups is 1. The highest BCUT2D eigenvalue weighted by Crippen LogP contribution is 2.34. The summed E-state index contributed by atoms with van der Waals surface area (Å²) in [7, 11) is -0.784. The Morgan fingerprint density at radius 1 is 1.38 bits per heavy atom. The summed E-state index contributed by atoms with van der Waals surface area (Å²) in [4.78, 5) is 2.41. The number of hydrogen-bond acceptors (Lipinski definition) is 4. The van der Waals surface area contributed by atoms with Gasteiger partial charge in [0.25, 0.3) is 0 Å². The molecule has 2 rings (SSSR count). The quantitative estimate of drug-likeness (QED) is 0.767. The van der Waals surface area contributed by atoms with Crippen molar-refractivity contribution in [3.05, 3.63) is 0 Å². The van der Waals surface area contributed by atoms with Crippen LogP contribution in [0.3, 0.4) is 0 Å². The van der Waals surface area contributed by atoms with E-state index in [1.54, 1.807) is 0 Å². The minimum Gasteiger partial charge on any atom is -0.319 e. The van der Waals surface area contributed by atoms with Crippen LogP contribution < -0.4 is 5.32 Å². The zero-order chi connectivity index (χ0) is 11.8. The predicted octanol–water partition coefficient (Wildman–Crippen LogP) is 0.103. The fourth-order valence-corrected chi connectivity index (χ4v) is 4.57. The molecule has 0 radical (unpaired) electrons. The molecular weight excluding hydrogens is 224 g/mol. The van der Waals surface area contributed by atoms with Crippen LogP contribution in [-0.2, 0) is 9.84 Å². The van der Waals surface area contributed by atoms with E-state index in [2.05, 4.69) is 10.2 Å². The molecule has 94 valence electrons. The Kier molecular flexibility index (Phi) is 3.56. The molecule has 0 spiro atoms. The third-order valence-electron chi connectivity index (χ3n) is 3.99. The molecular formula is C11H22N2O2S. The Labute approximate surface area is 98.3 Å². The molecule has 0 aromatic heterocycles. The standard InChI is InChI=1S/C11H22N2O2S/c1-9-8-16(14,15)6-5-13(9)11-4-3-10(11)7-12-2/h9-12H,3-8H2,1-2H3. The summed E-state index contributed by atoms with van der Waals surface area (Å²) < 4.78 is 23.0. The molecule has 0 aromatic rings. The molecule has 1 aliphatic carbocycles. The van der Waals surface area contributed by atoms with Crippen LogP contribution in [0, 0.1) is 5.92 Å². The maximum absolute atomic E-state index is 11.5. The van der Waals surface area contributed by atoms with Crippen LogP contribution in [0.5, 0.6) is 0 Å². The van der Waals surface area contributed by atoms with Gasteiger partial charge in [0.1, 0.15) is 0 Å². The molecule has 4 nitrogen and oxygen atoms in total. The van der Waals surface area contributed by atoms with Crippen molar-refractivity contribution in [1.29, 1.82) is 0 Å². The van der Waals surface area contributed by atoms with Gasteiger partial charge in [-0.3, -0.25) is 4.90 Å². The van der Waals surface area contributed by atoms with Gasteiger partial charge in [0.15, 0.2) is 9.84 Å². The van der Waals surface area contributed by atoms with Crippen LogP contribution >= 0.6 is 0 Å². The number of nitrogens with one attached hydrogen (secondary N) is 1. The molecule has 0 aromatic carbocycles. The topological polar surface area (TPSA) is 49.4 Å². The summed E-state index contributed by atoms with van der Waals surface area (Å²) in [5.41, 5.74) is 0. The van der Waals surface area contributed by atoms with Gasteiger partial charge in [-0.1, -0.05) is 0 Å². The van der Waals surface area contributed by atoms with Gasteiger partial charge in [0.05, 0.1) is 11.5 Å². The Morgan fingerprint density at radius 2 is 2.12 bits per heavy atom. The Morgan fingerprint density at radius 3 is 2.62 bits per heavy atom. The van der Waals surface area contributed by atoms with E-state index >= 15 is 0 Å². The average molecular weight is 246 g/mol. The lowest BCUT2D eigenvalue weighted by molar-refractivity contribution is 0.0414. The first-order chi connectivity index (χ1) is 7.53. The second-order valence-electron chi connectivity index (χ2n) is 5.16. The fourth-order valence-electron chi connectivity index (χ4n) is 2.99. The average Bonchev–Trinajstić information content (AvgIpc) is 2.16. The van der Waals surface area contributed by atoms with E-state index in [4.69, 9.17) is 0 Å². The molecule has 16 heavy (non-hydrogen) atoms. The molecule has 5 heteroatoms. The van der Waals surface area contributed by atoms with Crippen LogP contribution in [0.2, 0.25) is 0 Å². The summed E-state index contributed by atoms with van der Waals surface area (Å²) in [5.74, 6) is 1.41. The lowest BCUT2D eigenvalue weighted by Gasteiger charge is -2.48. The van der Waals surface area contributed by atoms with Crippen molar-refractivity contribution in [1.82, 2.24) is 10.2 Å². The lowest BCUT2D eigenvalue weighted by Crippen LogP contribution is -2.58. The van der Waals surface area contributed by atoms with Crippen molar-refractivity contribution in [2.24, 2.45) is 5.92 Å². The molecule has 2 fully saturated rings. The summed E-state index contributed by atoms with van der Waals surface area (Å²) in [6.07, 6.45) is 2.51. The zero-order valence-corrected chi connectivity index (χ0v) is 11.0. The molecule has 1 N–H and O–H groups in total. The summed E-state index contributed by atoms with van der Waals surface area (Å²) >= 11 is 0. The molecule has 1 saturated heterocycles. The van der Waals surface area contributed by atoms with Gasteiger partial charge in [-0.05, 0) is 39.3 Å². The van der Waals surface area contributed by atoms with Crippen LogP contribution in [0.4, 0.5) is 0 Å². The minimum absolute atomic E-state index is 0.198. The molecule has 1 saturated carbocycles. The zero-order valence-electron chi connectivity index (χ0n) is 10.1. The minimum atomic E-state index is -2.77. The van der Waals surface area contributed by atoms with Gasteiger partial charge in [-0.15, -0.1) is 0 Å². The molecule has 0 amide bonds. The SMILES string of the molecule is CNCC1CCC1N1CCS(=O)(=O)CC1C. The number of hydrogen-bond donors (Lipinski definition) is 1. The van der Waals surface area contributed by atoms with E-state index in [9.17, 15) is 8.42 Å². The van der Waals surface area contributed by atoms with Gasteiger partial charge in [0.2, 0.25) is 0 Å². The van der Waals surface area contributed by atoms with Crippen molar-refractivity contribution in [3.63, 3.8) is 0 Å². The van der Waals surface area contributed by atoms with E-state index in [0.717, 1.165) is 13.1 Å². The monoisotopic (exact) mass is 246 g/mol. The highest BCUT2D eigenvalue weighted by Gasteiger charge is 2.40. The normalized spacial score (nSPS) is 39.2. The van der Waals surface area contributed by atoms with Crippen molar-refractivity contribution in [2.45, 2.75) is 31.8 Å². The first kappa shape index (κ1) is 12.3. The molecule has 0 bridgehead atoms. The molecule has 3 unspecified atom stereocenters. The van der Waals surface area contributed by atoms with E-state index in [1.165, 1.54) is 12.8 Å². The summed E-state index contributed by atoms with van der Waals surface area (Å²) in [6, 6.07) is 0.807. The Balaban J connectivity index is 1.96. The van der Waals surface area contributed by atoms with Crippen LogP contribution in [-0.4, -0.2) is 57.0 Å². The molecule has 2 aliphatic rings. The second kappa shape index (κ2) is 4.63. The first-order valence-electron chi connectivity index (χ1n) is 6.14. The van der Waals surface area contributed by atoms with E-state index in [-0.39, 0.29) is 6.04 Å². The first-order valence-corrected chi connectivity index (χ1v) is 7.96. The highest BCUT2D eigenvalue weighted by atomic mass is 32.2. The van der Waals surface area contributed by atoms with E-state index in [0.29, 0.717) is 23.5 Å². The molecule has 1 aliphatic heterocycles. The second-order valence-corrected chi connectivity index (χ2v) is 7.39. The summed E-state index contributed by atoms with van der Waals surface area (Å²) in [6.45, 7) is 3.83. The van der Waals surface area contributed by atoms with E-state index in [1.807, 2.05) is 14.0 Å². The van der Waals surface area contributed by atoms with Crippen molar-refractivity contribution >= 4 is 9.84 Å². The Hall–Kier alpha value is -0.130. The van der Waals surface area contributed by atoms with Crippen molar-refractivity contribution < 1.29 is 8.42 Å². The highest BCUT2D eigenvalue weighted by molar-refractivity contribution is 7.91. The van der Waals surface area contributed by atoms with Gasteiger partial charge in [0, 0.05) is 18.6 Å². The van der Waals surface area contributed by atoms with Gasteiger partial charge < -0.3 is 5.32 Å². The van der Waals surface area contributed by atoms with Crippen LogP contribution in [0.15, 0.2) is 0 Å². The van der Waals surface area contributed by atoms with Gasteiger partial charge in [-0.2, -0.15) is 0 Å². The smallest absolute Gasteiger partial charge is 0.153 e.